The van der Waals surface area contributed by atoms with Gasteiger partial charge in [0.1, 0.15) is 5.69 Å². The average Bonchev–Trinajstić information content (AvgIpc) is 3.41. The summed E-state index contributed by atoms with van der Waals surface area (Å²) in [6.07, 6.45) is 0. The second-order valence-electron chi connectivity index (χ2n) is 6.67. The van der Waals surface area contributed by atoms with Crippen molar-refractivity contribution in [2.24, 2.45) is 0 Å². The Morgan fingerprint density at radius 3 is 2.66 bits per heavy atom. The highest BCUT2D eigenvalue weighted by Crippen LogP contribution is 2.24. The molecular formula is C20H15ClN6OS. The van der Waals surface area contributed by atoms with Crippen molar-refractivity contribution in [3.8, 4) is 22.8 Å². The van der Waals surface area contributed by atoms with E-state index in [2.05, 4.69) is 14.5 Å². The number of hydrogen-bond donors (Lipinski definition) is 1. The number of fused-ring (bicyclic) bond motifs is 1. The number of aromatic nitrogens is 6. The largest absolute Gasteiger partial charge is 0.323 e. The van der Waals surface area contributed by atoms with Crippen LogP contribution in [0.4, 0.5) is 0 Å². The van der Waals surface area contributed by atoms with Gasteiger partial charge in [0.2, 0.25) is 0 Å². The molecule has 0 saturated heterocycles. The quantitative estimate of drug-likeness (QED) is 0.474. The first-order valence-corrected chi connectivity index (χ1v) is 10.1. The van der Waals surface area contributed by atoms with Crippen molar-refractivity contribution in [2.45, 2.75) is 13.5 Å². The first-order chi connectivity index (χ1) is 14.1. The maximum absolute atomic E-state index is 11.4. The van der Waals surface area contributed by atoms with E-state index in [0.717, 1.165) is 39.7 Å². The second-order valence-corrected chi connectivity index (χ2v) is 7.84. The Labute approximate surface area is 174 Å². The monoisotopic (exact) mass is 422 g/mol. The number of hydrogen-bond acceptors (Lipinski definition) is 5. The Balaban J connectivity index is 1.56. The SMILES string of the molecule is Cc1cc(-c2nsc(=O)[nH]2)nn1Cc1cc(Cl)cc2cc(-c3ccccc3)nn12. The number of pyridine rings is 1. The lowest BCUT2D eigenvalue weighted by molar-refractivity contribution is 0.638. The van der Waals surface area contributed by atoms with E-state index in [1.165, 1.54) is 0 Å². The van der Waals surface area contributed by atoms with Gasteiger partial charge in [-0.25, -0.2) is 4.52 Å². The van der Waals surface area contributed by atoms with Gasteiger partial charge < -0.3 is 0 Å². The molecule has 29 heavy (non-hydrogen) atoms. The molecule has 0 fully saturated rings. The molecule has 1 N–H and O–H groups in total. The summed E-state index contributed by atoms with van der Waals surface area (Å²) in [7, 11) is 0. The zero-order valence-corrected chi connectivity index (χ0v) is 16.9. The molecule has 0 unspecified atom stereocenters. The molecule has 5 rings (SSSR count). The normalized spacial score (nSPS) is 11.4. The average molecular weight is 423 g/mol. The van der Waals surface area contributed by atoms with Crippen LogP contribution in [0.5, 0.6) is 0 Å². The third-order valence-electron chi connectivity index (χ3n) is 4.64. The minimum absolute atomic E-state index is 0.200. The standard InChI is InChI=1S/C20H15ClN6OS/c1-12-7-18(19-22-20(28)29-25-19)23-26(12)11-16-9-14(21)8-15-10-17(24-27(15)16)13-5-3-2-4-6-13/h2-10H,11H2,1H3,(H,22,25,28). The summed E-state index contributed by atoms with van der Waals surface area (Å²) in [5.74, 6) is 0.476. The van der Waals surface area contributed by atoms with E-state index in [1.54, 1.807) is 0 Å². The number of benzene rings is 1. The highest BCUT2D eigenvalue weighted by molar-refractivity contribution is 7.03. The molecular weight excluding hydrogens is 408 g/mol. The van der Waals surface area contributed by atoms with Crippen molar-refractivity contribution in [1.82, 2.24) is 28.8 Å². The second kappa shape index (κ2) is 6.98. The van der Waals surface area contributed by atoms with E-state index >= 15 is 0 Å². The fourth-order valence-corrected chi connectivity index (χ4v) is 3.97. The molecule has 0 aliphatic rings. The van der Waals surface area contributed by atoms with Crippen LogP contribution < -0.4 is 4.87 Å². The number of rotatable bonds is 4. The predicted octanol–water partition coefficient (Wildman–Crippen LogP) is 4.02. The molecule has 144 valence electrons. The molecule has 4 heterocycles. The lowest BCUT2D eigenvalue weighted by atomic mass is 10.1. The van der Waals surface area contributed by atoms with Crippen LogP contribution >= 0.6 is 23.1 Å². The van der Waals surface area contributed by atoms with E-state index in [4.69, 9.17) is 16.7 Å². The number of aryl methyl sites for hydroxylation is 1. The molecule has 0 spiro atoms. The van der Waals surface area contributed by atoms with Gasteiger partial charge >= 0.3 is 4.87 Å². The number of H-pyrrole nitrogens is 1. The third kappa shape index (κ3) is 3.37. The van der Waals surface area contributed by atoms with Crippen molar-refractivity contribution in [1.29, 1.82) is 0 Å². The van der Waals surface area contributed by atoms with E-state index < -0.39 is 0 Å². The molecule has 1 aromatic carbocycles. The Kier molecular flexibility index (Phi) is 4.30. The zero-order valence-electron chi connectivity index (χ0n) is 15.3. The van der Waals surface area contributed by atoms with Gasteiger partial charge in [-0.05, 0) is 31.2 Å². The topological polar surface area (TPSA) is 80.9 Å². The smallest absolute Gasteiger partial charge is 0.294 e. The Hall–Kier alpha value is -3.23. The molecule has 0 radical (unpaired) electrons. The van der Waals surface area contributed by atoms with E-state index in [-0.39, 0.29) is 4.87 Å². The summed E-state index contributed by atoms with van der Waals surface area (Å²) in [6, 6.07) is 17.7. The summed E-state index contributed by atoms with van der Waals surface area (Å²) in [5, 5.41) is 10.0. The van der Waals surface area contributed by atoms with E-state index in [0.29, 0.717) is 23.1 Å². The minimum Gasteiger partial charge on any atom is -0.294 e. The first-order valence-electron chi connectivity index (χ1n) is 8.91. The Bertz CT molecular complexity index is 1380. The lowest BCUT2D eigenvalue weighted by Gasteiger charge is -2.08. The van der Waals surface area contributed by atoms with Gasteiger partial charge in [0.25, 0.3) is 0 Å². The van der Waals surface area contributed by atoms with Crippen molar-refractivity contribution < 1.29 is 0 Å². The number of nitrogens with zero attached hydrogens (tertiary/aromatic N) is 5. The number of halogens is 1. The summed E-state index contributed by atoms with van der Waals surface area (Å²) in [6.45, 7) is 2.44. The van der Waals surface area contributed by atoms with Crippen LogP contribution in [-0.4, -0.2) is 28.8 Å². The first kappa shape index (κ1) is 17.8. The number of nitrogens with one attached hydrogen (secondary N) is 1. The maximum atomic E-state index is 11.4. The number of aromatic amines is 1. The molecule has 0 aliphatic heterocycles. The van der Waals surface area contributed by atoms with E-state index in [1.807, 2.05) is 70.7 Å². The van der Waals surface area contributed by atoms with Gasteiger partial charge in [-0.15, -0.1) is 0 Å². The maximum Gasteiger partial charge on any atom is 0.323 e. The predicted molar refractivity (Wildman–Crippen MR) is 113 cm³/mol. The molecule has 9 heteroatoms. The van der Waals surface area contributed by atoms with Crippen LogP contribution in [0.3, 0.4) is 0 Å². The van der Waals surface area contributed by atoms with Crippen LogP contribution in [0.15, 0.2) is 59.4 Å². The summed E-state index contributed by atoms with van der Waals surface area (Å²) in [4.78, 5) is 13.9. The van der Waals surface area contributed by atoms with Crippen LogP contribution in [0.2, 0.25) is 5.02 Å². The van der Waals surface area contributed by atoms with Gasteiger partial charge in [0.05, 0.1) is 23.4 Å². The summed E-state index contributed by atoms with van der Waals surface area (Å²) in [5.41, 5.74) is 5.32. The van der Waals surface area contributed by atoms with Crippen molar-refractivity contribution >= 4 is 28.7 Å². The van der Waals surface area contributed by atoms with Crippen LogP contribution in [0, 0.1) is 6.92 Å². The minimum atomic E-state index is -0.200. The van der Waals surface area contributed by atoms with Crippen LogP contribution in [0.25, 0.3) is 28.3 Å². The third-order valence-corrected chi connectivity index (χ3v) is 5.40. The van der Waals surface area contributed by atoms with Gasteiger partial charge in [0.15, 0.2) is 5.82 Å². The van der Waals surface area contributed by atoms with Crippen molar-refractivity contribution in [3.05, 3.63) is 80.7 Å². The molecule has 0 amide bonds. The van der Waals surface area contributed by atoms with Gasteiger partial charge in [0, 0.05) is 27.8 Å². The summed E-state index contributed by atoms with van der Waals surface area (Å²) >= 11 is 7.25. The van der Waals surface area contributed by atoms with Crippen LogP contribution in [0.1, 0.15) is 11.4 Å². The van der Waals surface area contributed by atoms with Gasteiger partial charge in [-0.1, -0.05) is 41.9 Å². The van der Waals surface area contributed by atoms with Gasteiger partial charge in [-0.2, -0.15) is 14.6 Å². The van der Waals surface area contributed by atoms with Crippen LogP contribution in [-0.2, 0) is 6.54 Å². The molecule has 0 saturated carbocycles. The van der Waals surface area contributed by atoms with Crippen molar-refractivity contribution in [3.63, 3.8) is 0 Å². The van der Waals surface area contributed by atoms with Crippen molar-refractivity contribution in [2.75, 3.05) is 0 Å². The Morgan fingerprint density at radius 1 is 1.07 bits per heavy atom. The fourth-order valence-electron chi connectivity index (χ4n) is 3.27. The molecule has 0 aliphatic carbocycles. The molecule has 0 bridgehead atoms. The molecule has 0 atom stereocenters. The Morgan fingerprint density at radius 2 is 1.90 bits per heavy atom. The highest BCUT2D eigenvalue weighted by Gasteiger charge is 2.14. The van der Waals surface area contributed by atoms with E-state index in [9.17, 15) is 4.79 Å². The zero-order chi connectivity index (χ0) is 20.0. The molecule has 5 aromatic rings. The molecule has 4 aromatic heterocycles. The lowest BCUT2D eigenvalue weighted by Crippen LogP contribution is -2.09. The highest BCUT2D eigenvalue weighted by atomic mass is 35.5. The fraction of sp³-hybridized carbons (Fsp3) is 0.100. The molecule has 7 nitrogen and oxygen atoms in total. The van der Waals surface area contributed by atoms with Gasteiger partial charge in [-0.3, -0.25) is 14.5 Å². The summed E-state index contributed by atoms with van der Waals surface area (Å²) < 4.78 is 7.85.